The van der Waals surface area contributed by atoms with Crippen LogP contribution in [0.3, 0.4) is 0 Å². The van der Waals surface area contributed by atoms with Crippen molar-refractivity contribution in [2.24, 2.45) is 4.99 Å². The van der Waals surface area contributed by atoms with E-state index in [1.807, 2.05) is 12.1 Å². The highest BCUT2D eigenvalue weighted by atomic mass is 35.5. The molecule has 0 saturated carbocycles. The lowest BCUT2D eigenvalue weighted by Gasteiger charge is -1.95. The Hall–Kier alpha value is -0.760. The molecule has 2 nitrogen and oxygen atoms in total. The Labute approximate surface area is 79.6 Å². The lowest BCUT2D eigenvalue weighted by Crippen LogP contribution is -1.73. The van der Waals surface area contributed by atoms with Crippen LogP contribution in [0, 0.1) is 0 Å². The van der Waals surface area contributed by atoms with Gasteiger partial charge in [-0.25, -0.2) is 4.79 Å². The van der Waals surface area contributed by atoms with Crippen LogP contribution in [0.1, 0.15) is 0 Å². The largest absolute Gasteiger partial charge is 0.235 e. The number of hydrogen-bond donors (Lipinski definition) is 0. The monoisotopic (exact) mass is 199 g/mol. The van der Waals surface area contributed by atoms with Gasteiger partial charge in [-0.05, 0) is 24.3 Å². The minimum absolute atomic E-state index is 0.408. The van der Waals surface area contributed by atoms with E-state index in [9.17, 15) is 4.79 Å². The average Bonchev–Trinajstić information content (AvgIpc) is 2.09. The van der Waals surface area contributed by atoms with Crippen LogP contribution in [-0.4, -0.2) is 12.0 Å². The van der Waals surface area contributed by atoms with Crippen molar-refractivity contribution in [2.75, 3.05) is 5.88 Å². The first-order valence-corrected chi connectivity index (χ1v) is 4.61. The van der Waals surface area contributed by atoms with Crippen molar-refractivity contribution >= 4 is 29.4 Å². The minimum atomic E-state index is 0.408. The summed E-state index contributed by atoms with van der Waals surface area (Å²) >= 11 is 7.14. The quantitative estimate of drug-likeness (QED) is 0.426. The fourth-order valence-corrected chi connectivity index (χ4v) is 1.38. The van der Waals surface area contributed by atoms with Gasteiger partial charge in [0.2, 0.25) is 6.08 Å². The smallest absolute Gasteiger partial charge is 0.211 e. The van der Waals surface area contributed by atoms with E-state index in [0.29, 0.717) is 10.9 Å². The van der Waals surface area contributed by atoms with E-state index < -0.39 is 0 Å². The Morgan fingerprint density at radius 3 is 2.67 bits per heavy atom. The van der Waals surface area contributed by atoms with Crippen LogP contribution in [0.15, 0.2) is 34.2 Å². The van der Waals surface area contributed by atoms with Crippen LogP contribution >= 0.6 is 23.4 Å². The summed E-state index contributed by atoms with van der Waals surface area (Å²) in [5, 5.41) is 0.707. The topological polar surface area (TPSA) is 29.4 Å². The maximum Gasteiger partial charge on any atom is 0.235 e. The normalized spacial score (nSPS) is 9.08. The zero-order chi connectivity index (χ0) is 8.81. The van der Waals surface area contributed by atoms with Gasteiger partial charge in [0.25, 0.3) is 0 Å². The molecule has 0 radical (unpaired) electrons. The first-order valence-electron chi connectivity index (χ1n) is 3.25. The molecule has 4 heteroatoms. The van der Waals surface area contributed by atoms with Gasteiger partial charge in [-0.1, -0.05) is 11.6 Å². The van der Waals surface area contributed by atoms with Gasteiger partial charge in [-0.15, -0.1) is 11.8 Å². The van der Waals surface area contributed by atoms with Crippen molar-refractivity contribution in [2.45, 2.75) is 4.90 Å². The number of rotatable bonds is 3. The number of nitrogens with zero attached hydrogens (tertiary/aromatic N) is 1. The molecule has 1 aromatic rings. The van der Waals surface area contributed by atoms with Gasteiger partial charge in [0, 0.05) is 9.92 Å². The molecule has 0 aliphatic rings. The fourth-order valence-electron chi connectivity index (χ4n) is 0.664. The van der Waals surface area contributed by atoms with Crippen LogP contribution in [0.2, 0.25) is 5.02 Å². The summed E-state index contributed by atoms with van der Waals surface area (Å²) in [6.07, 6.45) is 1.48. The SMILES string of the molecule is O=C=NCSc1ccc(Cl)cc1. The first-order chi connectivity index (χ1) is 5.83. The van der Waals surface area contributed by atoms with Gasteiger partial charge in [-0.2, -0.15) is 4.99 Å². The number of benzene rings is 1. The van der Waals surface area contributed by atoms with Gasteiger partial charge in [0.1, 0.15) is 5.88 Å². The third kappa shape index (κ3) is 3.09. The molecule has 62 valence electrons. The molecule has 0 unspecified atom stereocenters. The molecule has 1 aromatic carbocycles. The van der Waals surface area contributed by atoms with Gasteiger partial charge in [0.15, 0.2) is 0 Å². The van der Waals surface area contributed by atoms with Crippen LogP contribution < -0.4 is 0 Å². The zero-order valence-electron chi connectivity index (χ0n) is 6.16. The Kier molecular flexibility index (Phi) is 3.88. The Balaban J connectivity index is 2.53. The molecule has 0 aromatic heterocycles. The summed E-state index contributed by atoms with van der Waals surface area (Å²) in [5.74, 6) is 0.408. The van der Waals surface area contributed by atoms with Crippen LogP contribution in [0.25, 0.3) is 0 Å². The zero-order valence-corrected chi connectivity index (χ0v) is 7.73. The second kappa shape index (κ2) is 4.99. The van der Waals surface area contributed by atoms with Crippen molar-refractivity contribution in [3.63, 3.8) is 0 Å². The number of thioether (sulfide) groups is 1. The highest BCUT2D eigenvalue weighted by molar-refractivity contribution is 7.99. The van der Waals surface area contributed by atoms with Gasteiger partial charge in [0.05, 0.1) is 0 Å². The van der Waals surface area contributed by atoms with Gasteiger partial charge < -0.3 is 0 Å². The van der Waals surface area contributed by atoms with E-state index in [2.05, 4.69) is 4.99 Å². The van der Waals surface area contributed by atoms with E-state index in [1.165, 1.54) is 17.8 Å². The summed E-state index contributed by atoms with van der Waals surface area (Å²) in [6.45, 7) is 0. The molecular formula is C8H6ClNOS. The molecular weight excluding hydrogens is 194 g/mol. The highest BCUT2D eigenvalue weighted by Crippen LogP contribution is 2.19. The third-order valence-electron chi connectivity index (χ3n) is 1.17. The predicted octanol–water partition coefficient (Wildman–Crippen LogP) is 2.73. The summed E-state index contributed by atoms with van der Waals surface area (Å²) in [5.41, 5.74) is 0. The summed E-state index contributed by atoms with van der Waals surface area (Å²) < 4.78 is 0. The molecule has 0 aliphatic carbocycles. The maximum atomic E-state index is 9.72. The van der Waals surface area contributed by atoms with Crippen molar-refractivity contribution in [3.8, 4) is 0 Å². The molecule has 0 saturated heterocycles. The molecule has 0 spiro atoms. The van der Waals surface area contributed by atoms with Crippen molar-refractivity contribution in [1.82, 2.24) is 0 Å². The molecule has 0 atom stereocenters. The molecule has 0 amide bonds. The summed E-state index contributed by atoms with van der Waals surface area (Å²) in [4.78, 5) is 14.2. The first kappa shape index (κ1) is 9.33. The molecule has 0 aliphatic heterocycles. The molecule has 0 N–H and O–H groups in total. The van der Waals surface area contributed by atoms with Gasteiger partial charge in [-0.3, -0.25) is 0 Å². The van der Waals surface area contributed by atoms with Crippen LogP contribution in [0.5, 0.6) is 0 Å². The molecule has 1 rings (SSSR count). The minimum Gasteiger partial charge on any atom is -0.211 e. The van der Waals surface area contributed by atoms with Crippen molar-refractivity contribution < 1.29 is 4.79 Å². The van der Waals surface area contributed by atoms with E-state index in [1.54, 1.807) is 12.1 Å². The van der Waals surface area contributed by atoms with Crippen LogP contribution in [-0.2, 0) is 4.79 Å². The van der Waals surface area contributed by atoms with E-state index in [0.717, 1.165) is 4.90 Å². The lowest BCUT2D eigenvalue weighted by molar-refractivity contribution is 0.564. The summed E-state index contributed by atoms with van der Waals surface area (Å²) in [6, 6.07) is 7.36. The lowest BCUT2D eigenvalue weighted by atomic mass is 10.4. The van der Waals surface area contributed by atoms with Crippen molar-refractivity contribution in [3.05, 3.63) is 29.3 Å². The molecule has 0 bridgehead atoms. The second-order valence-electron chi connectivity index (χ2n) is 1.98. The fraction of sp³-hybridized carbons (Fsp3) is 0.125. The predicted molar refractivity (Wildman–Crippen MR) is 50.3 cm³/mol. The molecule has 0 fully saturated rings. The van der Waals surface area contributed by atoms with E-state index >= 15 is 0 Å². The Morgan fingerprint density at radius 2 is 2.08 bits per heavy atom. The standard InChI is InChI=1S/C8H6ClNOS/c9-7-1-3-8(4-2-7)12-6-10-5-11/h1-4H,6H2. The van der Waals surface area contributed by atoms with Crippen LogP contribution in [0.4, 0.5) is 0 Å². The van der Waals surface area contributed by atoms with E-state index in [4.69, 9.17) is 11.6 Å². The number of aliphatic imine (C=N–C) groups is 1. The Bertz CT molecular complexity index is 292. The molecule has 0 heterocycles. The summed E-state index contributed by atoms with van der Waals surface area (Å²) in [7, 11) is 0. The number of hydrogen-bond acceptors (Lipinski definition) is 3. The van der Waals surface area contributed by atoms with Crippen molar-refractivity contribution in [1.29, 1.82) is 0 Å². The second-order valence-corrected chi connectivity index (χ2v) is 3.43. The Morgan fingerprint density at radius 1 is 1.42 bits per heavy atom. The van der Waals surface area contributed by atoms with E-state index in [-0.39, 0.29) is 0 Å². The maximum absolute atomic E-state index is 9.72. The molecule has 12 heavy (non-hydrogen) atoms. The van der Waals surface area contributed by atoms with Gasteiger partial charge >= 0.3 is 0 Å². The number of isocyanates is 1. The third-order valence-corrected chi connectivity index (χ3v) is 2.29. The number of carbonyl (C=O) groups excluding carboxylic acids is 1. The highest BCUT2D eigenvalue weighted by Gasteiger charge is 1.91. The average molecular weight is 200 g/mol. The number of halogens is 1.